The second-order valence-electron chi connectivity index (χ2n) is 5.34. The van der Waals surface area contributed by atoms with Gasteiger partial charge in [-0.3, -0.25) is 0 Å². The summed E-state index contributed by atoms with van der Waals surface area (Å²) in [6.45, 7) is 10.8. The van der Waals surface area contributed by atoms with Crippen LogP contribution in [-0.2, 0) is 9.47 Å². The zero-order chi connectivity index (χ0) is 10.9. The van der Waals surface area contributed by atoms with Crippen LogP contribution in [0.1, 0.15) is 33.6 Å². The number of hydrogen-bond donors (Lipinski definition) is 0. The first-order chi connectivity index (χ1) is 7.10. The molecule has 0 N–H and O–H groups in total. The average molecular weight is 213 g/mol. The Morgan fingerprint density at radius 3 is 2.47 bits per heavy atom. The summed E-state index contributed by atoms with van der Waals surface area (Å²) in [5, 5.41) is 0. The van der Waals surface area contributed by atoms with Gasteiger partial charge in [0, 0.05) is 32.5 Å². The van der Waals surface area contributed by atoms with Crippen molar-refractivity contribution in [3.63, 3.8) is 0 Å². The minimum Gasteiger partial charge on any atom is -0.347 e. The Bertz CT molecular complexity index is 210. The van der Waals surface area contributed by atoms with Gasteiger partial charge >= 0.3 is 0 Å². The fourth-order valence-corrected chi connectivity index (χ4v) is 2.56. The Morgan fingerprint density at radius 2 is 2.00 bits per heavy atom. The fraction of sp³-hybridized carbons (Fsp3) is 1.00. The van der Waals surface area contributed by atoms with Gasteiger partial charge in [0.15, 0.2) is 5.79 Å². The second kappa shape index (κ2) is 4.40. The highest BCUT2D eigenvalue weighted by atomic mass is 16.7. The molecular weight excluding hydrogens is 190 g/mol. The molecule has 2 heterocycles. The van der Waals surface area contributed by atoms with Gasteiger partial charge in [-0.05, 0) is 12.8 Å². The van der Waals surface area contributed by atoms with E-state index in [2.05, 4.69) is 25.7 Å². The minimum atomic E-state index is -0.229. The van der Waals surface area contributed by atoms with E-state index < -0.39 is 0 Å². The number of piperidine rings is 1. The van der Waals surface area contributed by atoms with Crippen LogP contribution in [-0.4, -0.2) is 43.0 Å². The van der Waals surface area contributed by atoms with E-state index in [0.717, 1.165) is 38.5 Å². The van der Waals surface area contributed by atoms with Gasteiger partial charge in [-0.1, -0.05) is 13.8 Å². The lowest BCUT2D eigenvalue weighted by Crippen LogP contribution is -2.46. The smallest absolute Gasteiger partial charge is 0.171 e. The summed E-state index contributed by atoms with van der Waals surface area (Å²) < 4.78 is 11.7. The number of ether oxygens (including phenoxy) is 2. The van der Waals surface area contributed by atoms with Crippen LogP contribution in [0.3, 0.4) is 0 Å². The minimum absolute atomic E-state index is 0.229. The maximum Gasteiger partial charge on any atom is 0.171 e. The fourth-order valence-electron chi connectivity index (χ4n) is 2.56. The third-order valence-electron chi connectivity index (χ3n) is 3.24. The van der Waals surface area contributed by atoms with E-state index in [9.17, 15) is 0 Å². The van der Waals surface area contributed by atoms with E-state index >= 15 is 0 Å². The highest BCUT2D eigenvalue weighted by Gasteiger charge is 2.42. The van der Waals surface area contributed by atoms with Crippen molar-refractivity contribution >= 4 is 0 Å². The van der Waals surface area contributed by atoms with Gasteiger partial charge in [-0.2, -0.15) is 0 Å². The highest BCUT2D eigenvalue weighted by molar-refractivity contribution is 4.84. The van der Waals surface area contributed by atoms with Gasteiger partial charge in [-0.25, -0.2) is 0 Å². The molecule has 1 atom stereocenters. The van der Waals surface area contributed by atoms with Gasteiger partial charge in [0.25, 0.3) is 0 Å². The van der Waals surface area contributed by atoms with Crippen molar-refractivity contribution in [3.8, 4) is 0 Å². The number of nitrogens with zero attached hydrogens (tertiary/aromatic N) is 1. The summed E-state index contributed by atoms with van der Waals surface area (Å²) in [5.74, 6) is 0.524. The van der Waals surface area contributed by atoms with Gasteiger partial charge < -0.3 is 14.4 Å². The Labute approximate surface area is 92.7 Å². The van der Waals surface area contributed by atoms with Crippen LogP contribution in [0.15, 0.2) is 0 Å². The molecule has 0 amide bonds. The Hall–Kier alpha value is -0.120. The molecule has 1 spiro atoms. The van der Waals surface area contributed by atoms with Crippen LogP contribution in [0.4, 0.5) is 0 Å². The molecule has 0 saturated carbocycles. The lowest BCUT2D eigenvalue weighted by atomic mass is 10.0. The van der Waals surface area contributed by atoms with E-state index in [4.69, 9.17) is 9.47 Å². The maximum atomic E-state index is 5.89. The van der Waals surface area contributed by atoms with Crippen molar-refractivity contribution in [2.75, 3.05) is 26.2 Å². The number of hydrogen-bond acceptors (Lipinski definition) is 3. The number of likely N-dealkylation sites (tertiary alicyclic amines) is 1. The normalized spacial score (nSPS) is 31.6. The summed E-state index contributed by atoms with van der Waals surface area (Å²) in [6, 6.07) is 0. The molecule has 1 unspecified atom stereocenters. The molecule has 2 saturated heterocycles. The first kappa shape index (κ1) is 11.4. The van der Waals surface area contributed by atoms with Crippen molar-refractivity contribution in [3.05, 3.63) is 0 Å². The van der Waals surface area contributed by atoms with Crippen molar-refractivity contribution in [2.24, 2.45) is 5.92 Å². The molecule has 2 fully saturated rings. The Morgan fingerprint density at radius 1 is 1.33 bits per heavy atom. The van der Waals surface area contributed by atoms with Crippen LogP contribution in [0, 0.1) is 5.92 Å². The SMILES string of the molecule is CC(C)CN1CCC2(CC1)OCC(C)O2. The monoisotopic (exact) mass is 213 g/mol. The molecule has 0 aromatic heterocycles. The van der Waals surface area contributed by atoms with Crippen molar-refractivity contribution in [1.29, 1.82) is 0 Å². The molecule has 2 aliphatic rings. The van der Waals surface area contributed by atoms with Crippen LogP contribution < -0.4 is 0 Å². The van der Waals surface area contributed by atoms with Crippen molar-refractivity contribution in [2.45, 2.75) is 45.5 Å². The lowest BCUT2D eigenvalue weighted by Gasteiger charge is -2.38. The van der Waals surface area contributed by atoms with Crippen LogP contribution in [0.2, 0.25) is 0 Å². The Kier molecular flexibility index (Phi) is 3.33. The Balaban J connectivity index is 1.81. The molecule has 0 aliphatic carbocycles. The van der Waals surface area contributed by atoms with E-state index in [1.54, 1.807) is 0 Å². The quantitative estimate of drug-likeness (QED) is 0.699. The molecule has 3 nitrogen and oxygen atoms in total. The summed E-state index contributed by atoms with van der Waals surface area (Å²) in [6.07, 6.45) is 2.34. The topological polar surface area (TPSA) is 21.7 Å². The first-order valence-corrected chi connectivity index (χ1v) is 6.14. The standard InChI is InChI=1S/C12H23NO2/c1-10(2)8-13-6-4-12(5-7-13)14-9-11(3)15-12/h10-11H,4-9H2,1-3H3. The number of rotatable bonds is 2. The zero-order valence-corrected chi connectivity index (χ0v) is 10.2. The predicted molar refractivity (Wildman–Crippen MR) is 59.7 cm³/mol. The average Bonchev–Trinajstić information content (AvgIpc) is 2.52. The first-order valence-electron chi connectivity index (χ1n) is 6.14. The van der Waals surface area contributed by atoms with Crippen LogP contribution in [0.25, 0.3) is 0 Å². The summed E-state index contributed by atoms with van der Waals surface area (Å²) >= 11 is 0. The largest absolute Gasteiger partial charge is 0.347 e. The van der Waals surface area contributed by atoms with Gasteiger partial charge in [-0.15, -0.1) is 0 Å². The van der Waals surface area contributed by atoms with E-state index in [-0.39, 0.29) is 11.9 Å². The van der Waals surface area contributed by atoms with Gasteiger partial charge in [0.2, 0.25) is 0 Å². The molecule has 0 aromatic carbocycles. The molecule has 88 valence electrons. The van der Waals surface area contributed by atoms with Crippen molar-refractivity contribution in [1.82, 2.24) is 4.90 Å². The molecule has 0 bridgehead atoms. The summed E-state index contributed by atoms with van der Waals surface area (Å²) in [7, 11) is 0. The summed E-state index contributed by atoms with van der Waals surface area (Å²) in [5.41, 5.74) is 0. The predicted octanol–water partition coefficient (Wildman–Crippen LogP) is 1.87. The van der Waals surface area contributed by atoms with E-state index in [0.29, 0.717) is 0 Å². The molecule has 2 rings (SSSR count). The van der Waals surface area contributed by atoms with Crippen LogP contribution in [0.5, 0.6) is 0 Å². The molecule has 15 heavy (non-hydrogen) atoms. The van der Waals surface area contributed by atoms with Gasteiger partial charge in [0.1, 0.15) is 0 Å². The third kappa shape index (κ3) is 2.71. The maximum absolute atomic E-state index is 5.89. The second-order valence-corrected chi connectivity index (χ2v) is 5.34. The lowest BCUT2D eigenvalue weighted by molar-refractivity contribution is -0.193. The van der Waals surface area contributed by atoms with Gasteiger partial charge in [0.05, 0.1) is 12.7 Å². The van der Waals surface area contributed by atoms with Crippen molar-refractivity contribution < 1.29 is 9.47 Å². The van der Waals surface area contributed by atoms with E-state index in [1.165, 1.54) is 6.54 Å². The van der Waals surface area contributed by atoms with E-state index in [1.807, 2.05) is 0 Å². The summed E-state index contributed by atoms with van der Waals surface area (Å²) in [4.78, 5) is 2.52. The molecular formula is C12H23NO2. The molecule has 0 radical (unpaired) electrons. The highest BCUT2D eigenvalue weighted by Crippen LogP contribution is 2.33. The zero-order valence-electron chi connectivity index (χ0n) is 10.2. The molecule has 2 aliphatic heterocycles. The van der Waals surface area contributed by atoms with Crippen LogP contribution >= 0.6 is 0 Å². The molecule has 3 heteroatoms. The molecule has 0 aromatic rings. The third-order valence-corrected chi connectivity index (χ3v) is 3.24.